The van der Waals surface area contributed by atoms with Gasteiger partial charge in [-0.05, 0) is 25.1 Å². The van der Waals surface area contributed by atoms with Gasteiger partial charge in [0, 0.05) is 18.7 Å². The van der Waals surface area contributed by atoms with Gasteiger partial charge in [0.05, 0.1) is 15.6 Å². The predicted molar refractivity (Wildman–Crippen MR) is 71.5 cm³/mol. The zero-order valence-corrected chi connectivity index (χ0v) is 11.7. The van der Waals surface area contributed by atoms with Gasteiger partial charge in [-0.3, -0.25) is 4.79 Å². The van der Waals surface area contributed by atoms with Gasteiger partial charge < -0.3 is 11.1 Å². The largest absolute Gasteiger partial charge is 0.327 e. The van der Waals surface area contributed by atoms with Gasteiger partial charge in [-0.15, -0.1) is 0 Å². The van der Waals surface area contributed by atoms with E-state index in [-0.39, 0.29) is 34.0 Å². The van der Waals surface area contributed by atoms with Crippen molar-refractivity contribution in [2.75, 3.05) is 11.6 Å². The summed E-state index contributed by atoms with van der Waals surface area (Å²) in [4.78, 5) is 11.6. The Balaban J connectivity index is 2.99. The Hall–Kier alpha value is -1.11. The third-order valence-corrected chi connectivity index (χ3v) is 3.59. The average Bonchev–Trinajstić information content (AvgIpc) is 2.18. The lowest BCUT2D eigenvalue weighted by Crippen LogP contribution is -2.24. The van der Waals surface area contributed by atoms with E-state index in [0.29, 0.717) is 0 Å². The maximum Gasteiger partial charge on any atom is 0.225 e. The number of benzene rings is 1. The quantitative estimate of drug-likeness (QED) is 0.877. The molecular weight excluding hydrogens is 276 g/mol. The van der Waals surface area contributed by atoms with Crippen molar-refractivity contribution >= 4 is 33.0 Å². The number of amides is 1. The minimum Gasteiger partial charge on any atom is -0.327 e. The van der Waals surface area contributed by atoms with Crippen LogP contribution in [0.5, 0.6) is 0 Å². The second-order valence-electron chi connectivity index (χ2n) is 4.14. The minimum absolute atomic E-state index is 0.1000. The van der Waals surface area contributed by atoms with Crippen LogP contribution in [-0.2, 0) is 14.6 Å². The van der Waals surface area contributed by atoms with Crippen molar-refractivity contribution in [2.24, 2.45) is 5.73 Å². The highest BCUT2D eigenvalue weighted by molar-refractivity contribution is 7.90. The molecule has 5 nitrogen and oxygen atoms in total. The minimum atomic E-state index is -3.34. The van der Waals surface area contributed by atoms with Crippen LogP contribution in [0.3, 0.4) is 0 Å². The lowest BCUT2D eigenvalue weighted by Gasteiger charge is -2.10. The molecule has 0 bridgehead atoms. The molecule has 0 fully saturated rings. The number of nitrogens with one attached hydrogen (secondary N) is 1. The van der Waals surface area contributed by atoms with Gasteiger partial charge in [-0.25, -0.2) is 8.42 Å². The van der Waals surface area contributed by atoms with E-state index in [1.165, 1.54) is 18.2 Å². The van der Waals surface area contributed by atoms with Gasteiger partial charge in [0.2, 0.25) is 5.91 Å². The summed E-state index contributed by atoms with van der Waals surface area (Å²) in [5.41, 5.74) is 5.76. The number of rotatable bonds is 4. The summed E-state index contributed by atoms with van der Waals surface area (Å²) in [6.07, 6.45) is 1.23. The first-order valence-corrected chi connectivity index (χ1v) is 7.52. The van der Waals surface area contributed by atoms with Crippen molar-refractivity contribution in [3.8, 4) is 0 Å². The van der Waals surface area contributed by atoms with Crippen molar-refractivity contribution in [3.63, 3.8) is 0 Å². The fraction of sp³-hybridized carbons (Fsp3) is 0.364. The van der Waals surface area contributed by atoms with E-state index < -0.39 is 9.84 Å². The first-order chi connectivity index (χ1) is 8.20. The van der Waals surface area contributed by atoms with E-state index >= 15 is 0 Å². The van der Waals surface area contributed by atoms with E-state index in [1.54, 1.807) is 6.92 Å². The van der Waals surface area contributed by atoms with Gasteiger partial charge >= 0.3 is 0 Å². The summed E-state index contributed by atoms with van der Waals surface area (Å²) in [5, 5.41) is 2.82. The van der Waals surface area contributed by atoms with Gasteiger partial charge in [0.1, 0.15) is 0 Å². The summed E-state index contributed by atoms with van der Waals surface area (Å²) < 4.78 is 22.8. The number of carbonyl (C=O) groups is 1. The molecule has 1 rings (SSSR count). The number of hydrogen-bond donors (Lipinski definition) is 2. The summed E-state index contributed by atoms with van der Waals surface area (Å²) in [6.45, 7) is 1.70. The number of nitrogens with two attached hydrogens (primary N) is 1. The molecule has 1 aromatic rings. The molecule has 7 heteroatoms. The molecule has 0 aromatic heterocycles. The Morgan fingerprint density at radius 3 is 2.61 bits per heavy atom. The maximum atomic E-state index is 11.5. The standard InChI is InChI=1S/C11H15ClN2O3S/c1-7(13)5-11(15)14-10-6-8(18(2,16)17)3-4-9(10)12/h3-4,6-7H,5,13H2,1-2H3,(H,14,15). The second-order valence-corrected chi connectivity index (χ2v) is 6.57. The zero-order chi connectivity index (χ0) is 13.9. The maximum absolute atomic E-state index is 11.5. The van der Waals surface area contributed by atoms with Crippen molar-refractivity contribution in [3.05, 3.63) is 23.2 Å². The van der Waals surface area contributed by atoms with E-state index in [2.05, 4.69) is 5.32 Å². The fourth-order valence-corrected chi connectivity index (χ4v) is 2.14. The molecule has 1 unspecified atom stereocenters. The molecule has 100 valence electrons. The number of carbonyl (C=O) groups excluding carboxylic acids is 1. The molecule has 0 aliphatic heterocycles. The Kier molecular flexibility index (Phi) is 4.72. The number of sulfone groups is 1. The van der Waals surface area contributed by atoms with E-state index in [1.807, 2.05) is 0 Å². The zero-order valence-electron chi connectivity index (χ0n) is 10.1. The molecule has 0 spiro atoms. The highest BCUT2D eigenvalue weighted by Gasteiger charge is 2.12. The third kappa shape index (κ3) is 4.29. The normalized spacial score (nSPS) is 13.1. The van der Waals surface area contributed by atoms with Crippen LogP contribution in [0.4, 0.5) is 5.69 Å². The smallest absolute Gasteiger partial charge is 0.225 e. The number of hydrogen-bond acceptors (Lipinski definition) is 4. The monoisotopic (exact) mass is 290 g/mol. The van der Waals surface area contributed by atoms with Gasteiger partial charge in [0.15, 0.2) is 9.84 Å². The van der Waals surface area contributed by atoms with Crippen LogP contribution >= 0.6 is 11.6 Å². The molecule has 1 aromatic carbocycles. The average molecular weight is 291 g/mol. The lowest BCUT2D eigenvalue weighted by atomic mass is 10.2. The van der Waals surface area contributed by atoms with Gasteiger partial charge in [-0.2, -0.15) is 0 Å². The lowest BCUT2D eigenvalue weighted by molar-refractivity contribution is -0.116. The summed E-state index contributed by atoms with van der Waals surface area (Å²) >= 11 is 5.89. The summed E-state index contributed by atoms with van der Waals surface area (Å²) in [5.74, 6) is -0.308. The molecule has 0 saturated heterocycles. The van der Waals surface area contributed by atoms with Crippen LogP contribution in [0, 0.1) is 0 Å². The molecule has 0 radical (unpaired) electrons. The van der Waals surface area contributed by atoms with Crippen molar-refractivity contribution in [1.82, 2.24) is 0 Å². The van der Waals surface area contributed by atoms with Crippen LogP contribution in [-0.4, -0.2) is 26.6 Å². The molecule has 1 amide bonds. The molecule has 0 heterocycles. The van der Waals surface area contributed by atoms with E-state index in [9.17, 15) is 13.2 Å². The van der Waals surface area contributed by atoms with Gasteiger partial charge in [-0.1, -0.05) is 11.6 Å². The highest BCUT2D eigenvalue weighted by Crippen LogP contribution is 2.25. The Bertz CT molecular complexity index is 555. The summed E-state index contributed by atoms with van der Waals surface area (Å²) in [7, 11) is -3.34. The number of anilines is 1. The topological polar surface area (TPSA) is 89.3 Å². The molecule has 3 N–H and O–H groups in total. The SMILES string of the molecule is CC(N)CC(=O)Nc1cc(S(C)(=O)=O)ccc1Cl. The van der Waals surface area contributed by atoms with Gasteiger partial charge in [0.25, 0.3) is 0 Å². The Morgan fingerprint density at radius 1 is 1.50 bits per heavy atom. The first kappa shape index (κ1) is 14.9. The Labute approximate surface area is 111 Å². The highest BCUT2D eigenvalue weighted by atomic mass is 35.5. The van der Waals surface area contributed by atoms with Crippen LogP contribution in [0.1, 0.15) is 13.3 Å². The molecule has 0 aliphatic rings. The predicted octanol–water partition coefficient (Wildman–Crippen LogP) is 1.42. The Morgan fingerprint density at radius 2 is 2.11 bits per heavy atom. The van der Waals surface area contributed by atoms with Crippen LogP contribution in [0.25, 0.3) is 0 Å². The summed E-state index contributed by atoms with van der Waals surface area (Å²) in [6, 6.07) is 3.87. The first-order valence-electron chi connectivity index (χ1n) is 5.25. The van der Waals surface area contributed by atoms with Crippen molar-refractivity contribution in [1.29, 1.82) is 0 Å². The van der Waals surface area contributed by atoms with Crippen molar-refractivity contribution in [2.45, 2.75) is 24.3 Å². The third-order valence-electron chi connectivity index (χ3n) is 2.15. The fourth-order valence-electron chi connectivity index (χ4n) is 1.32. The van der Waals surface area contributed by atoms with Crippen molar-refractivity contribution < 1.29 is 13.2 Å². The molecule has 0 saturated carbocycles. The van der Waals surface area contributed by atoms with E-state index in [0.717, 1.165) is 6.26 Å². The van der Waals surface area contributed by atoms with Crippen LogP contribution < -0.4 is 11.1 Å². The second kappa shape index (κ2) is 5.69. The van der Waals surface area contributed by atoms with Crippen LogP contribution in [0.15, 0.2) is 23.1 Å². The molecule has 0 aliphatic carbocycles. The molecular formula is C11H15ClN2O3S. The number of halogens is 1. The van der Waals surface area contributed by atoms with Crippen LogP contribution in [0.2, 0.25) is 5.02 Å². The molecule has 18 heavy (non-hydrogen) atoms. The van der Waals surface area contributed by atoms with E-state index in [4.69, 9.17) is 17.3 Å². The molecule has 1 atom stereocenters.